The monoisotopic (exact) mass is 1530 g/mol. The van der Waals surface area contributed by atoms with Gasteiger partial charge in [0.2, 0.25) is 0 Å². The molecule has 0 aliphatic heterocycles. The van der Waals surface area contributed by atoms with Crippen molar-refractivity contribution in [1.29, 1.82) is 0 Å². The zero-order chi connectivity index (χ0) is 85.5. The third-order valence-electron chi connectivity index (χ3n) is 16.3. The molecule has 13 heteroatoms. The Morgan fingerprint density at radius 3 is 1.08 bits per heavy atom. The number of carbonyl (C=O) groups is 8. The highest BCUT2D eigenvalue weighted by Gasteiger charge is 2.20. The van der Waals surface area contributed by atoms with Crippen molar-refractivity contribution in [2.45, 2.75) is 446 Å². The predicted octanol–water partition coefficient (Wildman–Crippen LogP) is 26.3. The fourth-order valence-electron chi connectivity index (χ4n) is 10.3. The Kier molecular flexibility index (Phi) is 73.0. The van der Waals surface area contributed by atoms with Gasteiger partial charge in [-0.1, -0.05) is 261 Å². The largest absolute Gasteiger partial charge is 0.486 e. The molecule has 0 aromatic heterocycles. The maximum atomic E-state index is 11.0. The number of Topliss-reactive ketones (excluding diaryl/α,β-unsaturated/α-hetero) is 7. The van der Waals surface area contributed by atoms with Crippen LogP contribution < -0.4 is 4.74 Å². The fourth-order valence-corrected chi connectivity index (χ4v) is 10.3. The SMILES string of the molecule is CC(=O)C/C=C/CCCC(C)(C)C.CC(=O)CC(O)C(O)CCCC(C)(C)C.CC(=O)CCCCC(C)(C)C.CC(=O)CCCCCC(C)(C)C.CC(=O)CCCCCCC(C)(C)C.CC(=O)COCCCCC(C)(C)C.CC(=O)COc1cccc(CC(C)(C)C)c1.CCOC(=O)CCCCCCC(C)(C)C. The minimum Gasteiger partial charge on any atom is -0.486 e. The Labute approximate surface area is 668 Å². The average molecular weight is 1530 g/mol. The van der Waals surface area contributed by atoms with Gasteiger partial charge in [-0.05, 0) is 219 Å². The van der Waals surface area contributed by atoms with Crippen molar-refractivity contribution in [3.63, 3.8) is 0 Å². The number of rotatable bonds is 43. The Morgan fingerprint density at radius 2 is 0.722 bits per heavy atom. The van der Waals surface area contributed by atoms with Crippen molar-refractivity contribution < 1.29 is 62.8 Å². The minimum absolute atomic E-state index is 0.0428. The molecule has 0 bridgehead atoms. The van der Waals surface area contributed by atoms with E-state index in [1.54, 1.807) is 34.6 Å². The number of esters is 1. The second-order valence-corrected chi connectivity index (χ2v) is 40.2. The second-order valence-electron chi connectivity index (χ2n) is 40.2. The molecule has 0 aliphatic rings. The van der Waals surface area contributed by atoms with Crippen LogP contribution in [0.15, 0.2) is 36.4 Å². The highest BCUT2D eigenvalue weighted by Crippen LogP contribution is 2.28. The first-order chi connectivity index (χ1) is 49.1. The molecule has 0 amide bonds. The van der Waals surface area contributed by atoms with Crippen molar-refractivity contribution in [3.8, 4) is 5.75 Å². The maximum absolute atomic E-state index is 11.0. The minimum atomic E-state index is -0.900. The number of benzene rings is 1. The lowest BCUT2D eigenvalue weighted by Gasteiger charge is -2.21. The standard InChI is InChI=1S/C14H20O2.C13H26O2.C12H24O3.C12H24O.C12H22O.C11H22O2.C11H22O.C10H20O/c1-11(15)10-16-13-7-5-6-12(8-13)9-14(2,3)4;1-5-15-12(14)10-8-6-7-9-11-13(2,3)4;1-9(13)8-11(15)10(14)6-5-7-12(2,3)4;2*1-11(13)9-7-5-6-8-10-12(2,3)4;1-10(12)9-13-8-6-5-7-11(2,3)4;1-10(12)8-6-5-7-9-11(2,3)4;1-9(11)7-5-6-8-10(2,3)4/h5-8H,9-10H2,1-4H3;5-11H2,1-4H3;10-11,14-15H,5-8H2,1-4H3;5-10H2,1-4H3;5,7H,6,8-10H2,1-4H3;5-9H2,1-4H3;5-9H2,1-4H3;5-8H2,1-4H3/b;;;;7-5+;;;. The van der Waals surface area contributed by atoms with E-state index in [-0.39, 0.29) is 59.6 Å². The van der Waals surface area contributed by atoms with E-state index in [4.69, 9.17) is 14.2 Å². The van der Waals surface area contributed by atoms with E-state index in [9.17, 15) is 48.6 Å². The number of hydrogen-bond donors (Lipinski definition) is 2. The van der Waals surface area contributed by atoms with Gasteiger partial charge in [-0.2, -0.15) is 0 Å². The highest BCUT2D eigenvalue weighted by atomic mass is 16.5. The summed E-state index contributed by atoms with van der Waals surface area (Å²) in [5, 5.41) is 19.0. The van der Waals surface area contributed by atoms with E-state index in [1.807, 2.05) is 31.2 Å². The summed E-state index contributed by atoms with van der Waals surface area (Å²) >= 11 is 0. The zero-order valence-electron chi connectivity index (χ0n) is 77.2. The molecule has 108 heavy (non-hydrogen) atoms. The summed E-state index contributed by atoms with van der Waals surface area (Å²) in [7, 11) is 0. The number of ether oxygens (including phenoxy) is 3. The second kappa shape index (κ2) is 67.3. The van der Waals surface area contributed by atoms with Crippen LogP contribution in [0.4, 0.5) is 0 Å². The molecule has 1 aromatic carbocycles. The predicted molar refractivity (Wildman–Crippen MR) is 462 cm³/mol. The molecule has 0 saturated heterocycles. The van der Waals surface area contributed by atoms with Crippen molar-refractivity contribution in [2.75, 3.05) is 26.4 Å². The summed E-state index contributed by atoms with van der Waals surface area (Å²) in [6.45, 7) is 68.3. The number of ketones is 7. The molecule has 2 unspecified atom stereocenters. The number of carbonyl (C=O) groups excluding carboxylic acids is 8. The molecule has 0 radical (unpaired) electrons. The van der Waals surface area contributed by atoms with Gasteiger partial charge < -0.3 is 38.8 Å². The molecule has 0 fully saturated rings. The van der Waals surface area contributed by atoms with Gasteiger partial charge >= 0.3 is 5.97 Å². The molecule has 0 heterocycles. The number of aliphatic hydroxyl groups excluding tert-OH is 2. The number of hydrogen-bond acceptors (Lipinski definition) is 13. The molecular formula is C95H180O13. The summed E-state index contributed by atoms with van der Waals surface area (Å²) in [5.74, 6) is 2.01. The van der Waals surface area contributed by atoms with Crippen LogP contribution in [0.3, 0.4) is 0 Å². The van der Waals surface area contributed by atoms with Crippen LogP contribution in [-0.4, -0.2) is 95.3 Å². The molecular weight excluding hydrogens is 1350 g/mol. The Bertz CT molecular complexity index is 2390. The van der Waals surface area contributed by atoms with E-state index in [0.717, 1.165) is 95.8 Å². The number of unbranched alkanes of at least 4 members (excludes halogenated alkanes) is 11. The van der Waals surface area contributed by atoms with E-state index < -0.39 is 12.2 Å². The van der Waals surface area contributed by atoms with Crippen LogP contribution in [0, 0.1) is 43.3 Å². The molecule has 13 nitrogen and oxygen atoms in total. The molecule has 1 rings (SSSR count). The van der Waals surface area contributed by atoms with Crippen molar-refractivity contribution in [3.05, 3.63) is 42.0 Å². The van der Waals surface area contributed by atoms with Gasteiger partial charge in [0, 0.05) is 45.1 Å². The fraction of sp³-hybridized carbons (Fsp3) is 0.832. The first kappa shape index (κ1) is 117. The lowest BCUT2D eigenvalue weighted by molar-refractivity contribution is -0.143. The van der Waals surface area contributed by atoms with Crippen LogP contribution in [0.1, 0.15) is 433 Å². The third-order valence-corrected chi connectivity index (χ3v) is 16.3. The summed E-state index contributed by atoms with van der Waals surface area (Å²) in [4.78, 5) is 85.4. The van der Waals surface area contributed by atoms with Gasteiger partial charge in [0.25, 0.3) is 0 Å². The van der Waals surface area contributed by atoms with Crippen LogP contribution in [0.25, 0.3) is 0 Å². The van der Waals surface area contributed by atoms with Crippen molar-refractivity contribution in [1.82, 2.24) is 0 Å². The number of aliphatic hydroxyl groups is 2. The van der Waals surface area contributed by atoms with Crippen molar-refractivity contribution in [2.24, 2.45) is 43.3 Å². The molecule has 2 N–H and O–H groups in total. The highest BCUT2D eigenvalue weighted by molar-refractivity contribution is 5.78. The van der Waals surface area contributed by atoms with Crippen LogP contribution in [0.5, 0.6) is 5.75 Å². The van der Waals surface area contributed by atoms with Gasteiger partial charge in [0.1, 0.15) is 47.9 Å². The third kappa shape index (κ3) is 125. The summed E-state index contributed by atoms with van der Waals surface area (Å²) in [6.07, 6.45) is 36.8. The quantitative estimate of drug-likeness (QED) is 0.0355. The molecule has 0 aliphatic carbocycles. The summed E-state index contributed by atoms with van der Waals surface area (Å²) in [6, 6.07) is 7.95. The smallest absolute Gasteiger partial charge is 0.305 e. The van der Waals surface area contributed by atoms with E-state index >= 15 is 0 Å². The summed E-state index contributed by atoms with van der Waals surface area (Å²) < 4.78 is 15.4. The van der Waals surface area contributed by atoms with Gasteiger partial charge in [-0.3, -0.25) is 24.0 Å². The first-order valence-electron chi connectivity index (χ1n) is 42.1. The topological polar surface area (TPSA) is 205 Å². The zero-order valence-corrected chi connectivity index (χ0v) is 77.2. The number of allylic oxidation sites excluding steroid dienone is 2. The summed E-state index contributed by atoms with van der Waals surface area (Å²) in [5.41, 5.74) is 4.42. The Balaban J connectivity index is -0.000000216. The van der Waals surface area contributed by atoms with Gasteiger partial charge in [0.15, 0.2) is 11.6 Å². The van der Waals surface area contributed by atoms with Gasteiger partial charge in [-0.25, -0.2) is 0 Å². The van der Waals surface area contributed by atoms with E-state index in [0.29, 0.717) is 75.7 Å². The molecule has 638 valence electrons. The average Bonchev–Trinajstić information content (AvgIpc) is 0.881. The van der Waals surface area contributed by atoms with Crippen LogP contribution in [-0.2, 0) is 54.3 Å². The lowest BCUT2D eigenvalue weighted by atomic mass is 9.88. The Hall–Kier alpha value is -4.20. The molecule has 0 saturated carbocycles. The van der Waals surface area contributed by atoms with Crippen molar-refractivity contribution >= 4 is 46.5 Å². The molecule has 2 atom stereocenters. The first-order valence-corrected chi connectivity index (χ1v) is 42.1. The van der Waals surface area contributed by atoms with E-state index in [2.05, 4.69) is 178 Å². The molecule has 1 aromatic rings. The molecule has 0 spiro atoms. The van der Waals surface area contributed by atoms with Crippen LogP contribution in [0.2, 0.25) is 0 Å². The normalized spacial score (nSPS) is 12.3. The maximum Gasteiger partial charge on any atom is 0.305 e. The van der Waals surface area contributed by atoms with Gasteiger partial charge in [-0.15, -0.1) is 0 Å². The Morgan fingerprint density at radius 1 is 0.370 bits per heavy atom. The van der Waals surface area contributed by atoms with Gasteiger partial charge in [0.05, 0.1) is 18.8 Å². The van der Waals surface area contributed by atoms with Crippen LogP contribution >= 0.6 is 0 Å². The van der Waals surface area contributed by atoms with E-state index in [1.165, 1.54) is 122 Å². The lowest BCUT2D eigenvalue weighted by Crippen LogP contribution is -2.28.